The van der Waals surface area contributed by atoms with E-state index < -0.39 is 16.6 Å². The fraction of sp³-hybridized carbons (Fsp3) is 0.944. The SMILES string of the molecule is CC(C)(C)[Si](C)(C)OC(=O)C1CCCN([Si](C)(C)C(C)(C)C)C1. The van der Waals surface area contributed by atoms with Crippen LogP contribution in [0.4, 0.5) is 0 Å². The Morgan fingerprint density at radius 2 is 1.52 bits per heavy atom. The van der Waals surface area contributed by atoms with Crippen LogP contribution in [-0.2, 0) is 9.22 Å². The van der Waals surface area contributed by atoms with E-state index in [0.29, 0.717) is 5.04 Å². The largest absolute Gasteiger partial charge is 0.519 e. The molecule has 1 fully saturated rings. The third-order valence-corrected chi connectivity index (χ3v) is 16.5. The molecular formula is C18H39NO2Si2. The summed E-state index contributed by atoms with van der Waals surface area (Å²) in [6, 6.07) is 0. The molecule has 1 heterocycles. The van der Waals surface area contributed by atoms with E-state index in [1.165, 1.54) is 0 Å². The van der Waals surface area contributed by atoms with Crippen molar-refractivity contribution in [1.82, 2.24) is 4.57 Å². The predicted molar refractivity (Wildman–Crippen MR) is 105 cm³/mol. The highest BCUT2D eigenvalue weighted by Gasteiger charge is 2.45. The summed E-state index contributed by atoms with van der Waals surface area (Å²) in [5.41, 5.74) is 0. The number of carbonyl (C=O) groups excluding carboxylic acids is 1. The maximum atomic E-state index is 12.8. The highest BCUT2D eigenvalue weighted by Crippen LogP contribution is 2.41. The third-order valence-electron chi connectivity index (χ3n) is 6.54. The lowest BCUT2D eigenvalue weighted by Gasteiger charge is -2.49. The molecule has 1 atom stereocenters. The lowest BCUT2D eigenvalue weighted by atomic mass is 10.0. The van der Waals surface area contributed by atoms with Crippen molar-refractivity contribution in [3.05, 3.63) is 0 Å². The van der Waals surface area contributed by atoms with E-state index >= 15 is 0 Å². The van der Waals surface area contributed by atoms with Crippen molar-refractivity contribution in [2.75, 3.05) is 13.1 Å². The van der Waals surface area contributed by atoms with Gasteiger partial charge in [0.1, 0.15) is 8.24 Å². The number of nitrogens with zero attached hydrogens (tertiary/aromatic N) is 1. The second-order valence-corrected chi connectivity index (χ2v) is 20.3. The van der Waals surface area contributed by atoms with E-state index in [1.807, 2.05) is 0 Å². The number of carbonyl (C=O) groups is 1. The Hall–Kier alpha value is -0.136. The molecule has 0 aromatic rings. The van der Waals surface area contributed by atoms with E-state index in [1.54, 1.807) is 0 Å². The Balaban J connectivity index is 2.82. The van der Waals surface area contributed by atoms with Crippen LogP contribution in [0.15, 0.2) is 0 Å². The maximum Gasteiger partial charge on any atom is 0.296 e. The lowest BCUT2D eigenvalue weighted by Crippen LogP contribution is -2.59. The molecule has 0 aromatic carbocycles. The topological polar surface area (TPSA) is 29.5 Å². The summed E-state index contributed by atoms with van der Waals surface area (Å²) < 4.78 is 8.71. The van der Waals surface area contributed by atoms with Crippen molar-refractivity contribution >= 4 is 22.5 Å². The van der Waals surface area contributed by atoms with Gasteiger partial charge in [0.05, 0.1) is 5.92 Å². The lowest BCUT2D eigenvalue weighted by molar-refractivity contribution is -0.141. The Morgan fingerprint density at radius 3 is 1.96 bits per heavy atom. The van der Waals surface area contributed by atoms with E-state index in [-0.39, 0.29) is 16.9 Å². The molecule has 1 aliphatic heterocycles. The molecule has 0 bridgehead atoms. The first-order valence-corrected chi connectivity index (χ1v) is 14.9. The molecule has 5 heteroatoms. The zero-order valence-corrected chi connectivity index (χ0v) is 19.2. The number of hydrogen-bond acceptors (Lipinski definition) is 3. The van der Waals surface area contributed by atoms with Gasteiger partial charge in [-0.05, 0) is 42.6 Å². The van der Waals surface area contributed by atoms with E-state index in [2.05, 4.69) is 72.3 Å². The predicted octanol–water partition coefficient (Wildman–Crippen LogP) is 5.25. The van der Waals surface area contributed by atoms with E-state index in [0.717, 1.165) is 25.9 Å². The van der Waals surface area contributed by atoms with Gasteiger partial charge in [-0.1, -0.05) is 54.6 Å². The van der Waals surface area contributed by atoms with Gasteiger partial charge in [-0.2, -0.15) is 0 Å². The van der Waals surface area contributed by atoms with Gasteiger partial charge in [0.15, 0.2) is 0 Å². The first-order valence-electron chi connectivity index (χ1n) is 9.07. The highest BCUT2D eigenvalue weighted by atomic mass is 28.4. The molecule has 1 saturated heterocycles. The number of piperidine rings is 1. The van der Waals surface area contributed by atoms with Gasteiger partial charge in [-0.15, -0.1) is 0 Å². The zero-order valence-electron chi connectivity index (χ0n) is 17.2. The van der Waals surface area contributed by atoms with Crippen molar-refractivity contribution in [2.45, 2.75) is 90.6 Å². The summed E-state index contributed by atoms with van der Waals surface area (Å²) in [6.07, 6.45) is 2.10. The van der Waals surface area contributed by atoms with Crippen LogP contribution in [0.25, 0.3) is 0 Å². The van der Waals surface area contributed by atoms with Gasteiger partial charge >= 0.3 is 0 Å². The van der Waals surface area contributed by atoms with Crippen LogP contribution in [0, 0.1) is 5.92 Å². The molecule has 0 aromatic heterocycles. The minimum atomic E-state index is -2.01. The van der Waals surface area contributed by atoms with Gasteiger partial charge in [0, 0.05) is 6.54 Å². The average molecular weight is 358 g/mol. The summed E-state index contributed by atoms with van der Waals surface area (Å²) in [7, 11) is -3.56. The van der Waals surface area contributed by atoms with Crippen molar-refractivity contribution < 1.29 is 9.22 Å². The Bertz CT molecular complexity index is 433. The molecule has 1 aliphatic rings. The number of rotatable bonds is 3. The van der Waals surface area contributed by atoms with Crippen LogP contribution >= 0.6 is 0 Å². The summed E-state index contributed by atoms with van der Waals surface area (Å²) >= 11 is 0. The molecule has 136 valence electrons. The fourth-order valence-corrected chi connectivity index (χ4v) is 5.96. The molecule has 1 rings (SSSR count). The molecule has 1 unspecified atom stereocenters. The van der Waals surface area contributed by atoms with Crippen LogP contribution in [0.1, 0.15) is 54.4 Å². The quantitative estimate of drug-likeness (QED) is 0.646. The van der Waals surface area contributed by atoms with Crippen molar-refractivity contribution in [3.8, 4) is 0 Å². The Kier molecular flexibility index (Phi) is 6.03. The molecule has 23 heavy (non-hydrogen) atoms. The summed E-state index contributed by atoms with van der Waals surface area (Å²) in [5.74, 6) is 0.118. The normalized spacial score (nSPS) is 22.1. The minimum absolute atomic E-state index is 0.0556. The molecule has 3 nitrogen and oxygen atoms in total. The van der Waals surface area contributed by atoms with Crippen LogP contribution in [0.2, 0.25) is 36.3 Å². The second-order valence-electron chi connectivity index (χ2n) is 10.3. The van der Waals surface area contributed by atoms with Gasteiger partial charge < -0.3 is 8.99 Å². The molecule has 0 spiro atoms. The minimum Gasteiger partial charge on any atom is -0.519 e. The third kappa shape index (κ3) is 4.70. The molecule has 0 N–H and O–H groups in total. The Morgan fingerprint density at radius 1 is 1.00 bits per heavy atom. The van der Waals surface area contributed by atoms with Gasteiger partial charge in [-0.25, -0.2) is 0 Å². The molecule has 0 amide bonds. The fourth-order valence-electron chi connectivity index (χ4n) is 2.64. The van der Waals surface area contributed by atoms with Crippen LogP contribution < -0.4 is 0 Å². The summed E-state index contributed by atoms with van der Waals surface area (Å²) in [5, 5.41) is 0.397. The molecular weight excluding hydrogens is 318 g/mol. The molecule has 0 radical (unpaired) electrons. The number of hydrogen-bond donors (Lipinski definition) is 0. The zero-order chi connectivity index (χ0) is 18.3. The van der Waals surface area contributed by atoms with Gasteiger partial charge in [-0.3, -0.25) is 4.79 Å². The monoisotopic (exact) mass is 357 g/mol. The van der Waals surface area contributed by atoms with E-state index in [9.17, 15) is 4.79 Å². The second kappa shape index (κ2) is 6.64. The van der Waals surface area contributed by atoms with Gasteiger partial charge in [0.2, 0.25) is 0 Å². The standard InChI is InChI=1S/C18H39NO2Si2/c1-17(2,3)22(7,8)19-13-11-12-15(14-19)16(20)21-23(9,10)18(4,5)6/h15H,11-14H2,1-10H3. The summed E-state index contributed by atoms with van der Waals surface area (Å²) in [4.78, 5) is 12.8. The van der Waals surface area contributed by atoms with Crippen LogP contribution in [0.3, 0.4) is 0 Å². The van der Waals surface area contributed by atoms with Crippen molar-refractivity contribution in [3.63, 3.8) is 0 Å². The van der Waals surface area contributed by atoms with Crippen molar-refractivity contribution in [1.29, 1.82) is 0 Å². The van der Waals surface area contributed by atoms with Crippen LogP contribution in [-0.4, -0.2) is 40.2 Å². The first kappa shape index (κ1) is 20.9. The molecule has 0 saturated carbocycles. The van der Waals surface area contributed by atoms with Gasteiger partial charge in [0.25, 0.3) is 14.3 Å². The Labute approximate surface area is 146 Å². The molecule has 0 aliphatic carbocycles. The highest BCUT2D eigenvalue weighted by molar-refractivity contribution is 6.77. The average Bonchev–Trinajstić information content (AvgIpc) is 2.35. The summed E-state index contributed by atoms with van der Waals surface area (Å²) in [6.45, 7) is 24.8. The smallest absolute Gasteiger partial charge is 0.296 e. The van der Waals surface area contributed by atoms with E-state index in [4.69, 9.17) is 4.43 Å². The maximum absolute atomic E-state index is 12.8. The van der Waals surface area contributed by atoms with Crippen LogP contribution in [0.5, 0.6) is 0 Å². The van der Waals surface area contributed by atoms with Crippen molar-refractivity contribution in [2.24, 2.45) is 5.92 Å². The first-order chi connectivity index (χ1) is 10.1.